The summed E-state index contributed by atoms with van der Waals surface area (Å²) in [5, 5.41) is 12.3. The molecule has 0 aromatic heterocycles. The number of carbonyl (C=O) groups excluding carboxylic acids is 1. The average molecular weight is 330 g/mol. The van der Waals surface area contributed by atoms with Gasteiger partial charge in [-0.3, -0.25) is 4.79 Å². The molecule has 6 heteroatoms. The SMILES string of the molecule is CC(C)C[C@@H](NC(=O)CCSc1ccccc1Cl)C(=O)O. The van der Waals surface area contributed by atoms with Crippen molar-refractivity contribution in [3.05, 3.63) is 29.3 Å². The van der Waals surface area contributed by atoms with Crippen molar-refractivity contribution >= 4 is 35.2 Å². The molecule has 0 aliphatic heterocycles. The molecule has 1 rings (SSSR count). The fourth-order valence-corrected chi connectivity index (χ4v) is 2.96. The molecular weight excluding hydrogens is 310 g/mol. The van der Waals surface area contributed by atoms with E-state index >= 15 is 0 Å². The fraction of sp³-hybridized carbons (Fsp3) is 0.467. The molecule has 0 radical (unpaired) electrons. The Balaban J connectivity index is 2.39. The van der Waals surface area contributed by atoms with Crippen molar-refractivity contribution in [3.63, 3.8) is 0 Å². The highest BCUT2D eigenvalue weighted by atomic mass is 35.5. The number of halogens is 1. The van der Waals surface area contributed by atoms with E-state index in [4.69, 9.17) is 16.7 Å². The molecule has 0 aliphatic carbocycles. The smallest absolute Gasteiger partial charge is 0.326 e. The Hall–Kier alpha value is -1.20. The Labute approximate surface area is 134 Å². The zero-order valence-corrected chi connectivity index (χ0v) is 13.7. The van der Waals surface area contributed by atoms with Gasteiger partial charge in [-0.05, 0) is 24.5 Å². The van der Waals surface area contributed by atoms with E-state index in [1.165, 1.54) is 11.8 Å². The van der Waals surface area contributed by atoms with Crippen LogP contribution in [-0.2, 0) is 9.59 Å². The predicted octanol–water partition coefficient (Wildman–Crippen LogP) is 3.44. The van der Waals surface area contributed by atoms with Crippen LogP contribution in [0.25, 0.3) is 0 Å². The number of hydrogen-bond acceptors (Lipinski definition) is 3. The monoisotopic (exact) mass is 329 g/mol. The Morgan fingerprint density at radius 1 is 1.33 bits per heavy atom. The number of carboxylic acids is 1. The third-order valence-electron chi connectivity index (χ3n) is 2.76. The van der Waals surface area contributed by atoms with Crippen LogP contribution in [0.5, 0.6) is 0 Å². The van der Waals surface area contributed by atoms with Crippen LogP contribution in [0.2, 0.25) is 5.02 Å². The minimum absolute atomic E-state index is 0.212. The van der Waals surface area contributed by atoms with E-state index in [0.29, 0.717) is 17.2 Å². The third-order valence-corrected chi connectivity index (χ3v) is 4.28. The van der Waals surface area contributed by atoms with Gasteiger partial charge in [-0.25, -0.2) is 4.79 Å². The largest absolute Gasteiger partial charge is 0.480 e. The van der Waals surface area contributed by atoms with Crippen LogP contribution in [-0.4, -0.2) is 28.8 Å². The van der Waals surface area contributed by atoms with Gasteiger partial charge in [-0.1, -0.05) is 37.6 Å². The van der Waals surface area contributed by atoms with Gasteiger partial charge in [-0.15, -0.1) is 11.8 Å². The highest BCUT2D eigenvalue weighted by molar-refractivity contribution is 7.99. The number of benzene rings is 1. The number of rotatable bonds is 8. The maximum absolute atomic E-state index is 11.8. The normalized spacial score (nSPS) is 12.2. The molecular formula is C15H20ClNO3S. The lowest BCUT2D eigenvalue weighted by Gasteiger charge is -2.16. The van der Waals surface area contributed by atoms with E-state index in [1.54, 1.807) is 6.07 Å². The number of thioether (sulfide) groups is 1. The molecule has 0 saturated heterocycles. The lowest BCUT2D eigenvalue weighted by molar-refractivity contribution is -0.142. The van der Waals surface area contributed by atoms with E-state index < -0.39 is 12.0 Å². The zero-order chi connectivity index (χ0) is 15.8. The van der Waals surface area contributed by atoms with E-state index in [9.17, 15) is 9.59 Å². The van der Waals surface area contributed by atoms with Crippen molar-refractivity contribution in [1.82, 2.24) is 5.32 Å². The molecule has 0 fully saturated rings. The molecule has 0 unspecified atom stereocenters. The zero-order valence-electron chi connectivity index (χ0n) is 12.1. The maximum atomic E-state index is 11.8. The maximum Gasteiger partial charge on any atom is 0.326 e. The second-order valence-corrected chi connectivity index (χ2v) is 6.66. The quantitative estimate of drug-likeness (QED) is 0.717. The van der Waals surface area contributed by atoms with Crippen LogP contribution in [0.3, 0.4) is 0 Å². The number of carbonyl (C=O) groups is 2. The van der Waals surface area contributed by atoms with Gasteiger partial charge in [-0.2, -0.15) is 0 Å². The van der Waals surface area contributed by atoms with Crippen LogP contribution < -0.4 is 5.32 Å². The second kappa shape index (κ2) is 8.95. The van der Waals surface area contributed by atoms with Crippen molar-refractivity contribution in [2.45, 2.75) is 37.6 Å². The molecule has 0 heterocycles. The number of aliphatic carboxylic acids is 1. The molecule has 0 aliphatic rings. The van der Waals surface area contributed by atoms with Gasteiger partial charge in [0.25, 0.3) is 0 Å². The summed E-state index contributed by atoms with van der Waals surface area (Å²) in [6.45, 7) is 3.85. The second-order valence-electron chi connectivity index (χ2n) is 5.12. The van der Waals surface area contributed by atoms with E-state index in [1.807, 2.05) is 32.0 Å². The van der Waals surface area contributed by atoms with E-state index in [-0.39, 0.29) is 18.2 Å². The van der Waals surface area contributed by atoms with Crippen LogP contribution in [0, 0.1) is 5.92 Å². The fourth-order valence-electron chi connectivity index (χ4n) is 1.77. The van der Waals surface area contributed by atoms with Gasteiger partial charge in [0.05, 0.1) is 5.02 Å². The van der Waals surface area contributed by atoms with Crippen molar-refractivity contribution in [2.75, 3.05) is 5.75 Å². The van der Waals surface area contributed by atoms with Gasteiger partial charge in [0.1, 0.15) is 6.04 Å². The summed E-state index contributed by atoms with van der Waals surface area (Å²) in [5.41, 5.74) is 0. The Morgan fingerprint density at radius 2 is 2.00 bits per heavy atom. The summed E-state index contributed by atoms with van der Waals surface area (Å²) in [5.74, 6) is -0.467. The average Bonchev–Trinajstić information content (AvgIpc) is 2.39. The van der Waals surface area contributed by atoms with Crippen LogP contribution in [0.15, 0.2) is 29.2 Å². The highest BCUT2D eigenvalue weighted by Gasteiger charge is 2.20. The molecule has 1 aromatic carbocycles. The van der Waals surface area contributed by atoms with Gasteiger partial charge in [0.15, 0.2) is 0 Å². The molecule has 0 spiro atoms. The summed E-state index contributed by atoms with van der Waals surface area (Å²) in [7, 11) is 0. The summed E-state index contributed by atoms with van der Waals surface area (Å²) >= 11 is 7.51. The first kappa shape index (κ1) is 17.9. The summed E-state index contributed by atoms with van der Waals surface area (Å²) in [4.78, 5) is 23.8. The minimum Gasteiger partial charge on any atom is -0.480 e. The first-order valence-corrected chi connectivity index (χ1v) is 8.16. The van der Waals surface area contributed by atoms with Crippen molar-refractivity contribution < 1.29 is 14.7 Å². The standard InChI is InChI=1S/C15H20ClNO3S/c1-10(2)9-12(15(19)20)17-14(18)7-8-21-13-6-4-3-5-11(13)16/h3-6,10,12H,7-9H2,1-2H3,(H,17,18)(H,19,20)/t12-/m1/s1. The molecule has 2 N–H and O–H groups in total. The highest BCUT2D eigenvalue weighted by Crippen LogP contribution is 2.26. The van der Waals surface area contributed by atoms with Gasteiger partial charge in [0.2, 0.25) is 5.91 Å². The van der Waals surface area contributed by atoms with E-state index in [2.05, 4.69) is 5.32 Å². The summed E-state index contributed by atoms with van der Waals surface area (Å²) in [6, 6.07) is 6.61. The predicted molar refractivity (Wildman–Crippen MR) is 85.8 cm³/mol. The Kier molecular flexibility index (Phi) is 7.61. The van der Waals surface area contributed by atoms with Crippen LogP contribution >= 0.6 is 23.4 Å². The van der Waals surface area contributed by atoms with Crippen LogP contribution in [0.4, 0.5) is 0 Å². The minimum atomic E-state index is -0.990. The first-order chi connectivity index (χ1) is 9.90. The number of nitrogens with one attached hydrogen (secondary N) is 1. The third kappa shape index (κ3) is 6.87. The number of hydrogen-bond donors (Lipinski definition) is 2. The Morgan fingerprint density at radius 3 is 2.57 bits per heavy atom. The van der Waals surface area contributed by atoms with Crippen molar-refractivity contribution in [2.24, 2.45) is 5.92 Å². The van der Waals surface area contributed by atoms with Gasteiger partial charge >= 0.3 is 5.97 Å². The number of amides is 1. The first-order valence-electron chi connectivity index (χ1n) is 6.79. The molecule has 1 amide bonds. The lowest BCUT2D eigenvalue weighted by Crippen LogP contribution is -2.41. The van der Waals surface area contributed by atoms with E-state index in [0.717, 1.165) is 4.90 Å². The van der Waals surface area contributed by atoms with Crippen molar-refractivity contribution in [3.8, 4) is 0 Å². The van der Waals surface area contributed by atoms with Crippen molar-refractivity contribution in [1.29, 1.82) is 0 Å². The van der Waals surface area contributed by atoms with Gasteiger partial charge in [0, 0.05) is 17.1 Å². The molecule has 4 nitrogen and oxygen atoms in total. The molecule has 0 bridgehead atoms. The molecule has 0 saturated carbocycles. The lowest BCUT2D eigenvalue weighted by atomic mass is 10.0. The molecule has 116 valence electrons. The van der Waals surface area contributed by atoms with Gasteiger partial charge < -0.3 is 10.4 Å². The molecule has 21 heavy (non-hydrogen) atoms. The molecule has 1 aromatic rings. The summed E-state index contributed by atoms with van der Waals surface area (Å²) in [6.07, 6.45) is 0.691. The molecule has 1 atom stereocenters. The van der Waals surface area contributed by atoms with Crippen LogP contribution in [0.1, 0.15) is 26.7 Å². The summed E-state index contributed by atoms with van der Waals surface area (Å²) < 4.78 is 0. The topological polar surface area (TPSA) is 66.4 Å². The Bertz CT molecular complexity index is 494. The number of carboxylic acid groups (broad SMARTS) is 1.